The third-order valence-electron chi connectivity index (χ3n) is 5.62. The third-order valence-corrected chi connectivity index (χ3v) is 7.61. The van der Waals surface area contributed by atoms with Gasteiger partial charge in [-0.2, -0.15) is 15.6 Å². The van der Waals surface area contributed by atoms with Crippen LogP contribution in [-0.2, 0) is 14.8 Å². The van der Waals surface area contributed by atoms with Crippen LogP contribution < -0.4 is 10.6 Å². The zero-order chi connectivity index (χ0) is 23.8. The van der Waals surface area contributed by atoms with Gasteiger partial charge in [-0.3, -0.25) is 0 Å². The normalized spacial score (nSPS) is 16.3. The van der Waals surface area contributed by atoms with Crippen molar-refractivity contribution >= 4 is 39.4 Å². The number of benzene rings is 1. The molecule has 1 aliphatic heterocycles. The molecule has 0 aliphatic carbocycles. The number of aliphatic hydroxyl groups excluding tert-OH is 1. The largest absolute Gasteiger partial charge is 0.440 e. The summed E-state index contributed by atoms with van der Waals surface area (Å²) in [5.74, 6) is 1.10. The number of nitrogens with zero attached hydrogens (tertiary/aromatic N) is 4. The van der Waals surface area contributed by atoms with Gasteiger partial charge < -0.3 is 29.2 Å². The number of aromatic nitrogens is 2. The van der Waals surface area contributed by atoms with Gasteiger partial charge in [-0.25, -0.2) is 4.98 Å². The summed E-state index contributed by atoms with van der Waals surface area (Å²) in [6.07, 6.45) is 5.58. The summed E-state index contributed by atoms with van der Waals surface area (Å²) >= 11 is 1.61. The Morgan fingerprint density at radius 1 is 1.21 bits per heavy atom. The van der Waals surface area contributed by atoms with E-state index in [9.17, 15) is 9.32 Å². The third kappa shape index (κ3) is 6.75. The Hall–Kier alpha value is -2.53. The maximum absolute atomic E-state index is 12.5. The SMILES string of the molecule is C[C@H](CO)Nc1nc(Nc2ccc([S-](=O)=NCCN3CCCCC3)cc2)ncc1-c1cccs1. The Kier molecular flexibility index (Phi) is 8.86. The molecule has 0 spiro atoms. The number of nitrogens with one attached hydrogen (secondary N) is 2. The number of piperidine rings is 1. The van der Waals surface area contributed by atoms with Crippen LogP contribution in [0.2, 0.25) is 0 Å². The smallest absolute Gasteiger partial charge is 0.229 e. The van der Waals surface area contributed by atoms with Crippen molar-refractivity contribution in [2.45, 2.75) is 37.1 Å². The maximum Gasteiger partial charge on any atom is 0.229 e. The van der Waals surface area contributed by atoms with Crippen LogP contribution in [0.25, 0.3) is 10.4 Å². The summed E-state index contributed by atoms with van der Waals surface area (Å²) in [5.41, 5.74) is 1.68. The van der Waals surface area contributed by atoms with Gasteiger partial charge in [0.15, 0.2) is 0 Å². The van der Waals surface area contributed by atoms with Crippen molar-refractivity contribution < 1.29 is 9.32 Å². The predicted molar refractivity (Wildman–Crippen MR) is 139 cm³/mol. The lowest BCUT2D eigenvalue weighted by molar-refractivity contribution is 0.235. The zero-order valence-electron chi connectivity index (χ0n) is 19.3. The number of rotatable bonds is 10. The van der Waals surface area contributed by atoms with E-state index in [1.54, 1.807) is 17.5 Å². The quantitative estimate of drug-likeness (QED) is 0.346. The van der Waals surface area contributed by atoms with E-state index >= 15 is 0 Å². The van der Waals surface area contributed by atoms with Gasteiger partial charge in [0.25, 0.3) is 0 Å². The molecule has 1 saturated heterocycles. The standard InChI is InChI=1S/C24H31N6O2S2/c1-18(17-31)27-23-21(22-6-5-15-33-22)16-25-24(29-23)28-19-7-9-20(10-8-19)34(32)26-11-14-30-12-3-2-4-13-30/h5-10,15-16,18,31H,2-4,11-14,17H2,1H3,(H2,25,27,28,29)/q-1/t18-/m1/s1. The fraction of sp³-hybridized carbons (Fsp3) is 0.417. The van der Waals surface area contributed by atoms with Gasteiger partial charge in [0.1, 0.15) is 5.82 Å². The molecule has 1 aliphatic rings. The van der Waals surface area contributed by atoms with Gasteiger partial charge in [-0.15, -0.1) is 11.3 Å². The molecule has 3 heterocycles. The van der Waals surface area contributed by atoms with Crippen molar-refractivity contribution in [3.63, 3.8) is 0 Å². The number of aliphatic hydroxyl groups is 1. The molecule has 1 fully saturated rings. The summed E-state index contributed by atoms with van der Waals surface area (Å²) in [7, 11) is -1.37. The van der Waals surface area contributed by atoms with Crippen molar-refractivity contribution in [2.75, 3.05) is 43.4 Å². The van der Waals surface area contributed by atoms with E-state index in [-0.39, 0.29) is 12.6 Å². The Bertz CT molecular complexity index is 1120. The van der Waals surface area contributed by atoms with Gasteiger partial charge in [0, 0.05) is 35.9 Å². The average Bonchev–Trinajstić information content (AvgIpc) is 3.40. The van der Waals surface area contributed by atoms with Crippen LogP contribution in [-0.4, -0.2) is 58.8 Å². The van der Waals surface area contributed by atoms with E-state index in [0.717, 1.165) is 35.8 Å². The topological polar surface area (TPSA) is 103 Å². The highest BCUT2D eigenvalue weighted by molar-refractivity contribution is 7.74. The number of hydrogen-bond donors (Lipinski definition) is 3. The lowest BCUT2D eigenvalue weighted by atomic mass is 10.1. The molecule has 8 nitrogen and oxygen atoms in total. The lowest BCUT2D eigenvalue weighted by Gasteiger charge is -2.25. The van der Waals surface area contributed by atoms with Crippen molar-refractivity contribution in [2.24, 2.45) is 4.36 Å². The molecule has 4 rings (SSSR count). The molecule has 0 unspecified atom stereocenters. The Morgan fingerprint density at radius 3 is 2.71 bits per heavy atom. The molecule has 2 aromatic heterocycles. The molecule has 0 bridgehead atoms. The van der Waals surface area contributed by atoms with Crippen LogP contribution in [0.4, 0.5) is 17.5 Å². The van der Waals surface area contributed by atoms with E-state index in [1.165, 1.54) is 19.3 Å². The first-order valence-corrected chi connectivity index (χ1v) is 13.6. The molecule has 0 amide bonds. The maximum atomic E-state index is 12.5. The van der Waals surface area contributed by atoms with Crippen LogP contribution >= 0.6 is 11.3 Å². The molecule has 0 radical (unpaired) electrons. The predicted octanol–water partition coefficient (Wildman–Crippen LogP) is 4.73. The Labute approximate surface area is 206 Å². The Morgan fingerprint density at radius 2 is 2.00 bits per heavy atom. The van der Waals surface area contributed by atoms with E-state index in [2.05, 4.69) is 29.9 Å². The highest BCUT2D eigenvalue weighted by Gasteiger charge is 2.13. The number of thiophene rings is 1. The minimum Gasteiger partial charge on any atom is -0.440 e. The molecule has 182 valence electrons. The molecule has 10 heteroatoms. The van der Waals surface area contributed by atoms with Crippen molar-refractivity contribution in [1.82, 2.24) is 14.9 Å². The summed E-state index contributed by atoms with van der Waals surface area (Å²) in [4.78, 5) is 13.2. The van der Waals surface area contributed by atoms with E-state index in [4.69, 9.17) is 0 Å². The highest BCUT2D eigenvalue weighted by atomic mass is 32.2. The molecular weight excluding hydrogens is 468 g/mol. The van der Waals surface area contributed by atoms with Gasteiger partial charge >= 0.3 is 0 Å². The Balaban J connectivity index is 1.41. The van der Waals surface area contributed by atoms with Gasteiger partial charge in [0.2, 0.25) is 5.95 Å². The van der Waals surface area contributed by atoms with E-state index in [1.807, 2.05) is 48.7 Å². The lowest BCUT2D eigenvalue weighted by Crippen LogP contribution is -2.31. The first-order valence-electron chi connectivity index (χ1n) is 11.6. The molecule has 0 saturated carbocycles. The highest BCUT2D eigenvalue weighted by Crippen LogP contribution is 2.31. The molecule has 1 aromatic carbocycles. The van der Waals surface area contributed by atoms with Gasteiger partial charge in [0.05, 0.1) is 12.2 Å². The number of hydrogen-bond acceptors (Lipinski definition) is 10. The second kappa shape index (κ2) is 12.3. The minimum absolute atomic E-state index is 0.00166. The minimum atomic E-state index is -1.37. The van der Waals surface area contributed by atoms with E-state index in [0.29, 0.717) is 23.2 Å². The number of likely N-dealkylation sites (tertiary alicyclic amines) is 1. The van der Waals surface area contributed by atoms with Crippen molar-refractivity contribution in [1.29, 1.82) is 0 Å². The van der Waals surface area contributed by atoms with Gasteiger partial charge in [-0.05, 0) is 56.4 Å². The molecule has 3 aromatic rings. The fourth-order valence-corrected chi connectivity index (χ4v) is 5.25. The van der Waals surface area contributed by atoms with Gasteiger partial charge in [-0.1, -0.05) is 29.5 Å². The van der Waals surface area contributed by atoms with Crippen LogP contribution in [0, 0.1) is 0 Å². The first-order chi connectivity index (χ1) is 16.6. The second-order valence-electron chi connectivity index (χ2n) is 8.31. The van der Waals surface area contributed by atoms with Crippen LogP contribution in [0.15, 0.2) is 57.2 Å². The monoisotopic (exact) mass is 499 g/mol. The average molecular weight is 500 g/mol. The molecular formula is C24H31N6O2S2-. The van der Waals surface area contributed by atoms with Crippen molar-refractivity contribution in [3.8, 4) is 10.4 Å². The summed E-state index contributed by atoms with van der Waals surface area (Å²) in [5, 5.41) is 17.9. The molecule has 1 atom stereocenters. The number of anilines is 3. The molecule has 3 N–H and O–H groups in total. The van der Waals surface area contributed by atoms with Crippen LogP contribution in [0.1, 0.15) is 26.2 Å². The first kappa shape index (κ1) is 24.6. The van der Waals surface area contributed by atoms with Crippen molar-refractivity contribution in [3.05, 3.63) is 48.0 Å². The van der Waals surface area contributed by atoms with E-state index < -0.39 is 10.6 Å². The summed E-state index contributed by atoms with van der Waals surface area (Å²) in [6, 6.07) is 11.2. The van der Waals surface area contributed by atoms with Crippen LogP contribution in [0.5, 0.6) is 0 Å². The fourth-order valence-electron chi connectivity index (χ4n) is 3.75. The summed E-state index contributed by atoms with van der Waals surface area (Å²) in [6.45, 7) is 5.58. The second-order valence-corrected chi connectivity index (χ2v) is 10.5. The molecule has 34 heavy (non-hydrogen) atoms. The summed E-state index contributed by atoms with van der Waals surface area (Å²) < 4.78 is 16.9. The zero-order valence-corrected chi connectivity index (χ0v) is 20.9. The van der Waals surface area contributed by atoms with Crippen LogP contribution in [0.3, 0.4) is 0 Å².